The summed E-state index contributed by atoms with van der Waals surface area (Å²) in [6, 6.07) is 11.6. The number of halogens is 3. The van der Waals surface area contributed by atoms with Crippen LogP contribution in [0, 0.1) is 0 Å². The second kappa shape index (κ2) is 8.04. The van der Waals surface area contributed by atoms with Crippen molar-refractivity contribution in [2.75, 3.05) is 13.1 Å². The van der Waals surface area contributed by atoms with Gasteiger partial charge in [0.05, 0.1) is 17.5 Å². The fourth-order valence-corrected chi connectivity index (χ4v) is 3.56. The molecule has 0 aliphatic carbocycles. The Labute approximate surface area is 160 Å². The van der Waals surface area contributed by atoms with Gasteiger partial charge in [0, 0.05) is 13.1 Å². The van der Waals surface area contributed by atoms with E-state index in [9.17, 15) is 27.9 Å². The summed E-state index contributed by atoms with van der Waals surface area (Å²) in [5.74, 6) is -1.10. The van der Waals surface area contributed by atoms with Gasteiger partial charge in [-0.1, -0.05) is 30.3 Å². The van der Waals surface area contributed by atoms with Crippen LogP contribution in [0.4, 0.5) is 13.2 Å². The third-order valence-corrected chi connectivity index (χ3v) is 5.15. The van der Waals surface area contributed by atoms with Gasteiger partial charge in [-0.05, 0) is 48.1 Å². The van der Waals surface area contributed by atoms with Crippen molar-refractivity contribution < 1.29 is 27.9 Å². The molecule has 1 amide bonds. The van der Waals surface area contributed by atoms with Crippen LogP contribution in [0.5, 0.6) is 0 Å². The predicted octanol–water partition coefficient (Wildman–Crippen LogP) is 4.35. The zero-order valence-electron chi connectivity index (χ0n) is 15.1. The summed E-state index contributed by atoms with van der Waals surface area (Å²) in [6.07, 6.45) is -3.00. The van der Waals surface area contributed by atoms with Gasteiger partial charge in [0.25, 0.3) is 0 Å². The van der Waals surface area contributed by atoms with Crippen LogP contribution >= 0.6 is 0 Å². The molecule has 4 nitrogen and oxygen atoms in total. The van der Waals surface area contributed by atoms with Crippen molar-refractivity contribution >= 4 is 11.9 Å². The predicted molar refractivity (Wildman–Crippen MR) is 97.1 cm³/mol. The molecule has 0 saturated carbocycles. The molecule has 0 unspecified atom stereocenters. The molecule has 2 aromatic carbocycles. The van der Waals surface area contributed by atoms with Crippen LogP contribution in [-0.4, -0.2) is 35.0 Å². The standard InChI is InChI=1S/C21H20F3NO3/c22-21(23,24)17-7-5-14(6-8-17)15-9-11-25(12-10-15)19(26)13-16-3-1-2-4-18(16)20(27)28/h1-8,15H,9-13H2,(H,27,28). The van der Waals surface area contributed by atoms with E-state index in [-0.39, 0.29) is 23.8 Å². The Morgan fingerprint density at radius 1 is 1.00 bits per heavy atom. The number of hydrogen-bond donors (Lipinski definition) is 1. The first-order valence-corrected chi connectivity index (χ1v) is 9.02. The minimum Gasteiger partial charge on any atom is -0.478 e. The molecule has 1 heterocycles. The minimum atomic E-state index is -4.35. The second-order valence-electron chi connectivity index (χ2n) is 6.91. The van der Waals surface area contributed by atoms with Crippen LogP contribution in [0.1, 0.15) is 45.8 Å². The van der Waals surface area contributed by atoms with Crippen molar-refractivity contribution in [1.29, 1.82) is 0 Å². The van der Waals surface area contributed by atoms with Crippen LogP contribution < -0.4 is 0 Å². The Morgan fingerprint density at radius 3 is 2.18 bits per heavy atom. The molecule has 1 aliphatic rings. The SMILES string of the molecule is O=C(O)c1ccccc1CC(=O)N1CCC(c2ccc(C(F)(F)F)cc2)CC1. The third kappa shape index (κ3) is 4.52. The number of nitrogens with zero attached hydrogens (tertiary/aromatic N) is 1. The number of alkyl halides is 3. The van der Waals surface area contributed by atoms with Crippen LogP contribution in [0.25, 0.3) is 0 Å². The number of amides is 1. The number of hydrogen-bond acceptors (Lipinski definition) is 2. The van der Waals surface area contributed by atoms with Crippen molar-refractivity contribution in [3.8, 4) is 0 Å². The lowest BCUT2D eigenvalue weighted by atomic mass is 9.88. The molecule has 7 heteroatoms. The molecule has 1 saturated heterocycles. The number of likely N-dealkylation sites (tertiary alicyclic amines) is 1. The number of carbonyl (C=O) groups excluding carboxylic acids is 1. The molecule has 0 bridgehead atoms. The summed E-state index contributed by atoms with van der Waals surface area (Å²) in [5, 5.41) is 9.22. The van der Waals surface area contributed by atoms with E-state index in [2.05, 4.69) is 0 Å². The van der Waals surface area contributed by atoms with Crippen molar-refractivity contribution in [3.63, 3.8) is 0 Å². The summed E-state index contributed by atoms with van der Waals surface area (Å²) in [7, 11) is 0. The van der Waals surface area contributed by atoms with Gasteiger partial charge in [0.15, 0.2) is 0 Å². The fourth-order valence-electron chi connectivity index (χ4n) is 3.56. The quantitative estimate of drug-likeness (QED) is 0.843. The number of benzene rings is 2. The van der Waals surface area contributed by atoms with Crippen LogP contribution in [-0.2, 0) is 17.4 Å². The number of carboxylic acid groups (broad SMARTS) is 1. The molecule has 0 atom stereocenters. The molecule has 0 aromatic heterocycles. The summed E-state index contributed by atoms with van der Waals surface area (Å²) >= 11 is 0. The van der Waals surface area contributed by atoms with Gasteiger partial charge < -0.3 is 10.0 Å². The van der Waals surface area contributed by atoms with Crippen LogP contribution in [0.15, 0.2) is 48.5 Å². The highest BCUT2D eigenvalue weighted by Crippen LogP contribution is 2.33. The molecule has 0 radical (unpaired) electrons. The summed E-state index contributed by atoms with van der Waals surface area (Å²) in [6.45, 7) is 1.000. The van der Waals surface area contributed by atoms with Gasteiger partial charge >= 0.3 is 12.1 Å². The highest BCUT2D eigenvalue weighted by molar-refractivity contribution is 5.91. The summed E-state index contributed by atoms with van der Waals surface area (Å²) in [4.78, 5) is 25.5. The average molecular weight is 391 g/mol. The normalized spacial score (nSPS) is 15.5. The first kappa shape index (κ1) is 19.9. The van der Waals surface area contributed by atoms with E-state index in [0.717, 1.165) is 17.7 Å². The zero-order chi connectivity index (χ0) is 20.3. The van der Waals surface area contributed by atoms with Gasteiger partial charge in [-0.3, -0.25) is 4.79 Å². The van der Waals surface area contributed by atoms with E-state index in [1.807, 2.05) is 0 Å². The van der Waals surface area contributed by atoms with Gasteiger partial charge in [0.1, 0.15) is 0 Å². The second-order valence-corrected chi connectivity index (χ2v) is 6.91. The Kier molecular flexibility index (Phi) is 5.72. The molecule has 148 valence electrons. The highest BCUT2D eigenvalue weighted by Gasteiger charge is 2.31. The van der Waals surface area contributed by atoms with Gasteiger partial charge in [0.2, 0.25) is 5.91 Å². The smallest absolute Gasteiger partial charge is 0.416 e. The lowest BCUT2D eigenvalue weighted by Gasteiger charge is -2.32. The summed E-state index contributed by atoms with van der Waals surface area (Å²) in [5.41, 5.74) is 0.776. The lowest BCUT2D eigenvalue weighted by Crippen LogP contribution is -2.39. The van der Waals surface area contributed by atoms with Crippen LogP contribution in [0.2, 0.25) is 0 Å². The van der Waals surface area contributed by atoms with Crippen molar-refractivity contribution in [3.05, 3.63) is 70.8 Å². The highest BCUT2D eigenvalue weighted by atomic mass is 19.4. The van der Waals surface area contributed by atoms with Crippen LogP contribution in [0.3, 0.4) is 0 Å². The fraction of sp³-hybridized carbons (Fsp3) is 0.333. The van der Waals surface area contributed by atoms with Gasteiger partial charge in [-0.25, -0.2) is 4.79 Å². The topological polar surface area (TPSA) is 57.6 Å². The minimum absolute atomic E-state index is 0.0212. The molecular formula is C21H20F3NO3. The van der Waals surface area contributed by atoms with Gasteiger partial charge in [-0.2, -0.15) is 13.2 Å². The molecule has 0 spiro atoms. The van der Waals surface area contributed by atoms with E-state index < -0.39 is 17.7 Å². The molecule has 3 rings (SSSR count). The molecule has 28 heavy (non-hydrogen) atoms. The molecule has 1 aliphatic heterocycles. The number of rotatable bonds is 4. The molecule has 1 fully saturated rings. The Bertz CT molecular complexity index is 854. The Morgan fingerprint density at radius 2 is 1.61 bits per heavy atom. The van der Waals surface area contributed by atoms with Crippen molar-refractivity contribution in [2.45, 2.75) is 31.4 Å². The van der Waals surface area contributed by atoms with Crippen molar-refractivity contribution in [2.24, 2.45) is 0 Å². The van der Waals surface area contributed by atoms with Crippen molar-refractivity contribution in [1.82, 2.24) is 4.90 Å². The lowest BCUT2D eigenvalue weighted by molar-refractivity contribution is -0.137. The zero-order valence-corrected chi connectivity index (χ0v) is 15.1. The number of aromatic carboxylic acids is 1. The Hall–Kier alpha value is -2.83. The summed E-state index contributed by atoms with van der Waals surface area (Å²) < 4.78 is 38.0. The monoisotopic (exact) mass is 391 g/mol. The maximum atomic E-state index is 12.7. The van der Waals surface area contributed by atoms with E-state index in [4.69, 9.17) is 0 Å². The molecule has 1 N–H and O–H groups in total. The van der Waals surface area contributed by atoms with E-state index in [1.165, 1.54) is 18.2 Å². The number of piperidine rings is 1. The largest absolute Gasteiger partial charge is 0.478 e. The molecule has 2 aromatic rings. The maximum Gasteiger partial charge on any atom is 0.416 e. The van der Waals surface area contributed by atoms with Gasteiger partial charge in [-0.15, -0.1) is 0 Å². The van der Waals surface area contributed by atoms with E-state index in [1.54, 1.807) is 23.1 Å². The first-order chi connectivity index (χ1) is 13.3. The first-order valence-electron chi connectivity index (χ1n) is 9.02. The Balaban J connectivity index is 1.59. The maximum absolute atomic E-state index is 12.7. The number of carboxylic acids is 1. The third-order valence-electron chi connectivity index (χ3n) is 5.15. The number of carbonyl (C=O) groups is 2. The van der Waals surface area contributed by atoms with E-state index in [0.29, 0.717) is 31.5 Å². The molecular weight excluding hydrogens is 371 g/mol. The average Bonchev–Trinajstić information content (AvgIpc) is 2.68. The van der Waals surface area contributed by atoms with E-state index >= 15 is 0 Å².